The third-order valence-electron chi connectivity index (χ3n) is 2.09. The second-order valence-corrected chi connectivity index (χ2v) is 4.47. The molecule has 1 rings (SSSR count). The molecule has 0 radical (unpaired) electrons. The van der Waals surface area contributed by atoms with E-state index in [4.69, 9.17) is 0 Å². The second-order valence-electron chi connectivity index (χ2n) is 3.30. The molecule has 4 nitrogen and oxygen atoms in total. The second kappa shape index (κ2) is 6.27. The number of carbonyl (C=O) groups excluding carboxylic acids is 1. The fourth-order valence-corrected chi connectivity index (χ4v) is 2.26. The summed E-state index contributed by atoms with van der Waals surface area (Å²) in [6.07, 6.45) is 2.74. The summed E-state index contributed by atoms with van der Waals surface area (Å²) in [5, 5.41) is 10.6. The van der Waals surface area contributed by atoms with Crippen molar-refractivity contribution in [1.82, 2.24) is 0 Å². The molecule has 0 amide bonds. The summed E-state index contributed by atoms with van der Waals surface area (Å²) in [7, 11) is 0. The molecule has 0 heterocycles. The molecule has 0 unspecified atom stereocenters. The number of hydrogen-bond acceptors (Lipinski definition) is 4. The molecule has 0 bridgehead atoms. The summed E-state index contributed by atoms with van der Waals surface area (Å²) < 4.78 is 0. The van der Waals surface area contributed by atoms with Gasteiger partial charge in [-0.3, -0.25) is 14.9 Å². The molecule has 0 saturated heterocycles. The third kappa shape index (κ3) is 3.34. The van der Waals surface area contributed by atoms with Gasteiger partial charge in [-0.2, -0.15) is 0 Å². The first-order valence-electron chi connectivity index (χ1n) is 5.05. The van der Waals surface area contributed by atoms with Gasteiger partial charge < -0.3 is 0 Å². The van der Waals surface area contributed by atoms with Crippen LogP contribution in [0.1, 0.15) is 30.1 Å². The maximum absolute atomic E-state index is 10.7. The van der Waals surface area contributed by atoms with Gasteiger partial charge in [-0.1, -0.05) is 13.3 Å². The van der Waals surface area contributed by atoms with Crippen molar-refractivity contribution in [3.8, 4) is 0 Å². The van der Waals surface area contributed by atoms with E-state index < -0.39 is 4.92 Å². The number of unbranched alkanes of at least 4 members (excludes halogenated alkanes) is 1. The highest BCUT2D eigenvalue weighted by molar-refractivity contribution is 7.99. The van der Waals surface area contributed by atoms with Crippen LogP contribution in [0.5, 0.6) is 0 Å². The predicted molar refractivity (Wildman–Crippen MR) is 64.1 cm³/mol. The minimum absolute atomic E-state index is 0.130. The number of nitro groups is 1. The van der Waals surface area contributed by atoms with Crippen LogP contribution in [0.4, 0.5) is 5.69 Å². The van der Waals surface area contributed by atoms with Crippen LogP contribution >= 0.6 is 11.8 Å². The van der Waals surface area contributed by atoms with Gasteiger partial charge in [-0.25, -0.2) is 0 Å². The molecule has 0 aliphatic rings. The van der Waals surface area contributed by atoms with E-state index in [-0.39, 0.29) is 11.3 Å². The van der Waals surface area contributed by atoms with Gasteiger partial charge in [0.25, 0.3) is 5.69 Å². The van der Waals surface area contributed by atoms with Gasteiger partial charge in [0, 0.05) is 11.0 Å². The summed E-state index contributed by atoms with van der Waals surface area (Å²) in [5.41, 5.74) is 0.0151. The molecule has 86 valence electrons. The first-order valence-corrected chi connectivity index (χ1v) is 6.04. The Bertz CT molecular complexity index is 393. The highest BCUT2D eigenvalue weighted by Crippen LogP contribution is 2.25. The highest BCUT2D eigenvalue weighted by Gasteiger charge is 2.13. The van der Waals surface area contributed by atoms with Crippen LogP contribution < -0.4 is 0 Å². The Labute approximate surface area is 98.2 Å². The predicted octanol–water partition coefficient (Wildman–Crippen LogP) is 3.30. The standard InChI is InChI=1S/C11H13NO3S/c1-2-3-6-16-10-4-5-11(12(14)15)9(7-10)8-13/h4-5,7-8H,2-3,6H2,1H3. The maximum atomic E-state index is 10.7. The number of aldehydes is 1. The zero-order valence-electron chi connectivity index (χ0n) is 9.01. The van der Waals surface area contributed by atoms with Crippen molar-refractivity contribution < 1.29 is 9.72 Å². The number of nitrogens with zero attached hydrogens (tertiary/aromatic N) is 1. The van der Waals surface area contributed by atoms with Gasteiger partial charge in [-0.05, 0) is 24.3 Å². The Morgan fingerprint density at radius 2 is 2.25 bits per heavy atom. The van der Waals surface area contributed by atoms with Gasteiger partial charge in [0.05, 0.1) is 10.5 Å². The zero-order chi connectivity index (χ0) is 12.0. The van der Waals surface area contributed by atoms with Gasteiger partial charge >= 0.3 is 0 Å². The normalized spacial score (nSPS) is 10.1. The van der Waals surface area contributed by atoms with Crippen molar-refractivity contribution in [3.63, 3.8) is 0 Å². The van der Waals surface area contributed by atoms with E-state index in [9.17, 15) is 14.9 Å². The van der Waals surface area contributed by atoms with Crippen LogP contribution in [0.2, 0.25) is 0 Å². The van der Waals surface area contributed by atoms with Crippen LogP contribution in [0.15, 0.2) is 23.1 Å². The topological polar surface area (TPSA) is 60.2 Å². The number of thioether (sulfide) groups is 1. The maximum Gasteiger partial charge on any atom is 0.279 e. The number of benzene rings is 1. The molecule has 0 atom stereocenters. The fraction of sp³-hybridized carbons (Fsp3) is 0.364. The first kappa shape index (κ1) is 12.7. The molecule has 0 saturated carbocycles. The number of carbonyl (C=O) groups is 1. The molecule has 1 aromatic rings. The summed E-state index contributed by atoms with van der Waals surface area (Å²) in [6.45, 7) is 2.10. The van der Waals surface area contributed by atoms with E-state index in [0.717, 1.165) is 23.5 Å². The van der Waals surface area contributed by atoms with E-state index in [1.54, 1.807) is 23.9 Å². The Morgan fingerprint density at radius 1 is 1.50 bits per heavy atom. The van der Waals surface area contributed by atoms with E-state index >= 15 is 0 Å². The van der Waals surface area contributed by atoms with Gasteiger partial charge in [0.15, 0.2) is 6.29 Å². The summed E-state index contributed by atoms with van der Waals surface area (Å²) in [6, 6.07) is 4.65. The number of hydrogen-bond donors (Lipinski definition) is 0. The van der Waals surface area contributed by atoms with E-state index in [2.05, 4.69) is 6.92 Å². The van der Waals surface area contributed by atoms with Crippen LogP contribution in [0, 0.1) is 10.1 Å². The van der Waals surface area contributed by atoms with Crippen molar-refractivity contribution >= 4 is 23.7 Å². The smallest absolute Gasteiger partial charge is 0.279 e. The van der Waals surface area contributed by atoms with Crippen LogP contribution in [-0.4, -0.2) is 17.0 Å². The van der Waals surface area contributed by atoms with Crippen LogP contribution in [0.25, 0.3) is 0 Å². The lowest BCUT2D eigenvalue weighted by Crippen LogP contribution is -1.94. The monoisotopic (exact) mass is 239 g/mol. The minimum Gasteiger partial charge on any atom is -0.298 e. The Kier molecular flexibility index (Phi) is 4.98. The van der Waals surface area contributed by atoms with Gasteiger partial charge in [-0.15, -0.1) is 11.8 Å². The van der Waals surface area contributed by atoms with Crippen LogP contribution in [-0.2, 0) is 0 Å². The summed E-state index contributed by atoms with van der Waals surface area (Å²) in [5.74, 6) is 0.965. The van der Waals surface area contributed by atoms with E-state index in [1.807, 2.05) is 0 Å². The first-order chi connectivity index (χ1) is 7.69. The zero-order valence-corrected chi connectivity index (χ0v) is 9.83. The molecule has 0 N–H and O–H groups in total. The van der Waals surface area contributed by atoms with Crippen molar-refractivity contribution in [2.24, 2.45) is 0 Å². The van der Waals surface area contributed by atoms with Crippen LogP contribution in [0.3, 0.4) is 0 Å². The molecule has 5 heteroatoms. The molecule has 0 fully saturated rings. The summed E-state index contributed by atoms with van der Waals surface area (Å²) in [4.78, 5) is 21.7. The van der Waals surface area contributed by atoms with Crippen molar-refractivity contribution in [2.75, 3.05) is 5.75 Å². The quantitative estimate of drug-likeness (QED) is 0.251. The Hall–Kier alpha value is -1.36. The molecular weight excluding hydrogens is 226 g/mol. The van der Waals surface area contributed by atoms with Gasteiger partial charge in [0.1, 0.15) is 0 Å². The Balaban J connectivity index is 2.82. The highest BCUT2D eigenvalue weighted by atomic mass is 32.2. The third-order valence-corrected chi connectivity index (χ3v) is 3.17. The lowest BCUT2D eigenvalue weighted by atomic mass is 10.2. The molecule has 1 aromatic carbocycles. The number of rotatable bonds is 6. The SMILES string of the molecule is CCCCSc1ccc([N+](=O)[O-])c(C=O)c1. The van der Waals surface area contributed by atoms with E-state index in [0.29, 0.717) is 6.29 Å². The molecule has 0 aliphatic carbocycles. The van der Waals surface area contributed by atoms with Gasteiger partial charge in [0.2, 0.25) is 0 Å². The van der Waals surface area contributed by atoms with Crippen molar-refractivity contribution in [1.29, 1.82) is 0 Å². The van der Waals surface area contributed by atoms with Crippen molar-refractivity contribution in [2.45, 2.75) is 24.7 Å². The lowest BCUT2D eigenvalue weighted by molar-refractivity contribution is -0.385. The Morgan fingerprint density at radius 3 is 2.81 bits per heavy atom. The van der Waals surface area contributed by atoms with Crippen molar-refractivity contribution in [3.05, 3.63) is 33.9 Å². The molecule has 16 heavy (non-hydrogen) atoms. The average molecular weight is 239 g/mol. The molecule has 0 spiro atoms. The lowest BCUT2D eigenvalue weighted by Gasteiger charge is -2.01. The number of nitro benzene ring substituents is 1. The van der Waals surface area contributed by atoms with E-state index in [1.165, 1.54) is 6.07 Å². The average Bonchev–Trinajstić information content (AvgIpc) is 2.29. The molecule has 0 aliphatic heterocycles. The molecular formula is C11H13NO3S. The summed E-state index contributed by atoms with van der Waals surface area (Å²) >= 11 is 1.61. The largest absolute Gasteiger partial charge is 0.298 e. The minimum atomic E-state index is -0.537. The fourth-order valence-electron chi connectivity index (χ4n) is 1.22. The molecule has 0 aromatic heterocycles.